The summed E-state index contributed by atoms with van der Waals surface area (Å²) in [6.07, 6.45) is 5.99. The minimum absolute atomic E-state index is 0.0472. The summed E-state index contributed by atoms with van der Waals surface area (Å²) in [5, 5.41) is 8.58. The van der Waals surface area contributed by atoms with Gasteiger partial charge in [0.05, 0.1) is 11.3 Å². The van der Waals surface area contributed by atoms with Crippen molar-refractivity contribution < 1.29 is 19.1 Å². The van der Waals surface area contributed by atoms with Crippen LogP contribution in [0.15, 0.2) is 12.7 Å². The van der Waals surface area contributed by atoms with Crippen LogP contribution in [0.1, 0.15) is 32.1 Å². The van der Waals surface area contributed by atoms with Crippen LogP contribution in [0.5, 0.6) is 0 Å². The topological polar surface area (TPSA) is 96.5 Å². The molecule has 3 fully saturated rings. The van der Waals surface area contributed by atoms with Crippen molar-refractivity contribution in [2.45, 2.75) is 54.1 Å². The SMILES string of the molecule is C=CCOC(=O)NC(=O)C1CCSC1NC(=O)C1NC2CCCCC2S1. The van der Waals surface area contributed by atoms with Crippen molar-refractivity contribution >= 4 is 41.4 Å². The molecule has 2 saturated heterocycles. The summed E-state index contributed by atoms with van der Waals surface area (Å²) in [5.74, 6) is -0.152. The average Bonchev–Trinajstić information content (AvgIpc) is 3.26. The Morgan fingerprint density at radius 1 is 1.19 bits per heavy atom. The lowest BCUT2D eigenvalue weighted by Gasteiger charge is -2.23. The molecule has 3 rings (SSSR count). The summed E-state index contributed by atoms with van der Waals surface area (Å²) in [4.78, 5) is 36.5. The Kier molecular flexibility index (Phi) is 6.88. The van der Waals surface area contributed by atoms with E-state index in [4.69, 9.17) is 4.74 Å². The number of hydrogen-bond acceptors (Lipinski definition) is 7. The Morgan fingerprint density at radius 3 is 2.77 bits per heavy atom. The molecule has 3 aliphatic rings. The highest BCUT2D eigenvalue weighted by atomic mass is 32.2. The molecular formula is C17H25N3O4S2. The second kappa shape index (κ2) is 9.14. The fourth-order valence-corrected chi connectivity index (χ4v) is 6.41. The molecule has 0 aromatic carbocycles. The summed E-state index contributed by atoms with van der Waals surface area (Å²) in [5.41, 5.74) is 0. The van der Waals surface area contributed by atoms with E-state index in [1.54, 1.807) is 11.8 Å². The third-order valence-electron chi connectivity index (χ3n) is 4.89. The maximum Gasteiger partial charge on any atom is 0.414 e. The molecule has 3 N–H and O–H groups in total. The number of imide groups is 1. The summed E-state index contributed by atoms with van der Waals surface area (Å²) in [7, 11) is 0. The zero-order valence-corrected chi connectivity index (χ0v) is 16.2. The van der Waals surface area contributed by atoms with Gasteiger partial charge in [-0.3, -0.25) is 20.2 Å². The number of rotatable bonds is 5. The van der Waals surface area contributed by atoms with Crippen LogP contribution < -0.4 is 16.0 Å². The van der Waals surface area contributed by atoms with Crippen molar-refractivity contribution in [2.75, 3.05) is 12.4 Å². The van der Waals surface area contributed by atoms with E-state index in [2.05, 4.69) is 22.5 Å². The third kappa shape index (κ3) is 4.75. The first kappa shape index (κ1) is 19.6. The van der Waals surface area contributed by atoms with E-state index in [0.717, 1.165) is 18.6 Å². The predicted molar refractivity (Wildman–Crippen MR) is 103 cm³/mol. The Labute approximate surface area is 161 Å². The molecule has 1 aliphatic carbocycles. The van der Waals surface area contributed by atoms with Crippen LogP contribution in [0.2, 0.25) is 0 Å². The first-order valence-corrected chi connectivity index (χ1v) is 11.0. The normalized spacial score (nSPS) is 33.2. The van der Waals surface area contributed by atoms with E-state index in [9.17, 15) is 14.4 Å². The fourth-order valence-electron chi connectivity index (χ4n) is 3.58. The van der Waals surface area contributed by atoms with Crippen molar-refractivity contribution in [3.8, 4) is 0 Å². The molecule has 0 radical (unpaired) electrons. The van der Waals surface area contributed by atoms with Gasteiger partial charge in [-0.05, 0) is 25.0 Å². The second-order valence-corrected chi connectivity index (χ2v) is 9.28. The van der Waals surface area contributed by atoms with Crippen LogP contribution in [0, 0.1) is 5.92 Å². The molecule has 1 saturated carbocycles. The number of alkyl carbamates (subject to hydrolysis) is 1. The molecule has 0 aromatic heterocycles. The minimum atomic E-state index is -0.783. The van der Waals surface area contributed by atoms with Crippen LogP contribution in [-0.4, -0.2) is 52.3 Å². The lowest BCUT2D eigenvalue weighted by Crippen LogP contribution is -2.49. The van der Waals surface area contributed by atoms with Crippen LogP contribution in [-0.2, 0) is 14.3 Å². The molecule has 2 aliphatic heterocycles. The van der Waals surface area contributed by atoms with E-state index in [0.29, 0.717) is 17.7 Å². The highest BCUT2D eigenvalue weighted by Crippen LogP contribution is 2.37. The van der Waals surface area contributed by atoms with Gasteiger partial charge in [0.2, 0.25) is 11.8 Å². The number of carbonyl (C=O) groups excluding carboxylic acids is 3. The molecule has 0 spiro atoms. The maximum atomic E-state index is 12.6. The number of fused-ring (bicyclic) bond motifs is 1. The Hall–Kier alpha value is -1.19. The van der Waals surface area contributed by atoms with Crippen molar-refractivity contribution in [1.82, 2.24) is 16.0 Å². The lowest BCUT2D eigenvalue weighted by molar-refractivity contribution is -0.125. The molecule has 26 heavy (non-hydrogen) atoms. The molecule has 7 nitrogen and oxygen atoms in total. The van der Waals surface area contributed by atoms with Gasteiger partial charge in [0.15, 0.2) is 0 Å². The highest BCUT2D eigenvalue weighted by molar-refractivity contribution is 8.01. The molecule has 9 heteroatoms. The van der Waals surface area contributed by atoms with Gasteiger partial charge in [-0.15, -0.1) is 23.5 Å². The van der Waals surface area contributed by atoms with Crippen molar-refractivity contribution in [2.24, 2.45) is 5.92 Å². The largest absolute Gasteiger partial charge is 0.445 e. The van der Waals surface area contributed by atoms with Gasteiger partial charge in [-0.2, -0.15) is 0 Å². The number of amides is 3. The van der Waals surface area contributed by atoms with Gasteiger partial charge >= 0.3 is 6.09 Å². The molecule has 3 amide bonds. The zero-order chi connectivity index (χ0) is 18.5. The van der Waals surface area contributed by atoms with Crippen LogP contribution >= 0.6 is 23.5 Å². The van der Waals surface area contributed by atoms with Gasteiger partial charge in [0, 0.05) is 11.3 Å². The van der Waals surface area contributed by atoms with E-state index in [1.807, 2.05) is 0 Å². The quantitative estimate of drug-likeness (QED) is 0.604. The summed E-state index contributed by atoms with van der Waals surface area (Å²) in [6, 6.07) is 0.416. The van der Waals surface area contributed by atoms with Crippen LogP contribution in [0.3, 0.4) is 0 Å². The van der Waals surface area contributed by atoms with E-state index in [1.165, 1.54) is 30.7 Å². The molecule has 0 aromatic rings. The van der Waals surface area contributed by atoms with Gasteiger partial charge < -0.3 is 10.1 Å². The molecule has 0 bridgehead atoms. The second-order valence-electron chi connectivity index (χ2n) is 6.68. The van der Waals surface area contributed by atoms with Crippen molar-refractivity contribution in [3.63, 3.8) is 0 Å². The number of ether oxygens (including phenoxy) is 1. The standard InChI is InChI=1S/C17H25N3O4S2/c1-2-8-24-17(23)20-13(21)10-7-9-25-15(10)19-14(22)16-18-11-5-3-4-6-12(11)26-16/h2,10-12,15-16,18H,1,3-9H2,(H,19,22)(H,20,21,23). The Morgan fingerprint density at radius 2 is 2.00 bits per heavy atom. The predicted octanol–water partition coefficient (Wildman–Crippen LogP) is 1.59. The van der Waals surface area contributed by atoms with E-state index >= 15 is 0 Å². The molecular weight excluding hydrogens is 374 g/mol. The third-order valence-corrected chi connectivity index (χ3v) is 7.70. The monoisotopic (exact) mass is 399 g/mol. The summed E-state index contributed by atoms with van der Waals surface area (Å²) in [6.45, 7) is 3.50. The lowest BCUT2D eigenvalue weighted by atomic mass is 9.95. The molecule has 144 valence electrons. The minimum Gasteiger partial charge on any atom is -0.445 e. The van der Waals surface area contributed by atoms with Gasteiger partial charge in [0.1, 0.15) is 12.0 Å². The van der Waals surface area contributed by atoms with Crippen LogP contribution in [0.4, 0.5) is 4.79 Å². The number of carbonyl (C=O) groups is 3. The van der Waals surface area contributed by atoms with E-state index < -0.39 is 17.9 Å². The van der Waals surface area contributed by atoms with Gasteiger partial charge in [-0.25, -0.2) is 4.79 Å². The summed E-state index contributed by atoms with van der Waals surface area (Å²) >= 11 is 3.24. The molecule has 5 unspecified atom stereocenters. The summed E-state index contributed by atoms with van der Waals surface area (Å²) < 4.78 is 4.78. The number of nitrogens with one attached hydrogen (secondary N) is 3. The Balaban J connectivity index is 1.50. The fraction of sp³-hybridized carbons (Fsp3) is 0.706. The Bertz CT molecular complexity index is 560. The number of thioether (sulfide) groups is 2. The first-order chi connectivity index (χ1) is 12.6. The first-order valence-electron chi connectivity index (χ1n) is 9.00. The van der Waals surface area contributed by atoms with Crippen molar-refractivity contribution in [1.29, 1.82) is 0 Å². The van der Waals surface area contributed by atoms with Gasteiger partial charge in [-0.1, -0.05) is 25.5 Å². The average molecular weight is 400 g/mol. The smallest absolute Gasteiger partial charge is 0.414 e. The van der Waals surface area contributed by atoms with Crippen molar-refractivity contribution in [3.05, 3.63) is 12.7 Å². The van der Waals surface area contributed by atoms with E-state index in [-0.39, 0.29) is 23.3 Å². The van der Waals surface area contributed by atoms with Gasteiger partial charge in [0.25, 0.3) is 0 Å². The maximum absolute atomic E-state index is 12.6. The highest BCUT2D eigenvalue weighted by Gasteiger charge is 2.41. The molecule has 5 atom stereocenters. The molecule has 2 heterocycles. The number of hydrogen-bond donors (Lipinski definition) is 3. The zero-order valence-electron chi connectivity index (χ0n) is 14.6. The van der Waals surface area contributed by atoms with Crippen LogP contribution in [0.25, 0.3) is 0 Å².